The predicted octanol–water partition coefficient (Wildman–Crippen LogP) is 12.8. The molecule has 46 heavy (non-hydrogen) atoms. The summed E-state index contributed by atoms with van der Waals surface area (Å²) in [5.74, 6) is 0.0590. The van der Waals surface area contributed by atoms with E-state index >= 15 is 0 Å². The summed E-state index contributed by atoms with van der Waals surface area (Å²) in [5.41, 5.74) is 4.37. The lowest BCUT2D eigenvalue weighted by Gasteiger charge is -2.36. The number of ether oxygens (including phenoxy) is 1. The second-order valence-corrected chi connectivity index (χ2v) is 12.7. The summed E-state index contributed by atoms with van der Waals surface area (Å²) in [6.45, 7) is 28.1. The molecule has 3 rings (SSSR count). The first kappa shape index (κ1) is 45.4. The molecule has 1 saturated heterocycles. The maximum Gasteiger partial charge on any atom is 0.410 e. The molecule has 0 radical (unpaired) electrons. The van der Waals surface area contributed by atoms with Crippen LogP contribution < -0.4 is 0 Å². The van der Waals surface area contributed by atoms with Gasteiger partial charge in [0.2, 0.25) is 0 Å². The number of aromatic nitrogens is 1. The van der Waals surface area contributed by atoms with Gasteiger partial charge in [0.05, 0.1) is 0 Å². The Labute approximate surface area is 291 Å². The molecular weight excluding hydrogens is 615 g/mol. The molecule has 2 heterocycles. The lowest BCUT2D eigenvalue weighted by molar-refractivity contribution is 0.00946. The number of halogens is 2. The van der Waals surface area contributed by atoms with E-state index in [9.17, 15) is 9.59 Å². The topological polar surface area (TPSA) is 51.5 Å². The van der Waals surface area contributed by atoms with E-state index in [1.165, 1.54) is 5.57 Å². The van der Waals surface area contributed by atoms with Crippen molar-refractivity contribution in [3.63, 3.8) is 0 Å². The number of rotatable bonds is 5. The molecule has 5 nitrogen and oxygen atoms in total. The summed E-state index contributed by atoms with van der Waals surface area (Å²) in [4.78, 5) is 27.6. The van der Waals surface area contributed by atoms with Crippen LogP contribution in [0.25, 0.3) is 5.69 Å². The van der Waals surface area contributed by atoms with Crippen LogP contribution in [-0.4, -0.2) is 39.5 Å². The van der Waals surface area contributed by atoms with E-state index in [0.717, 1.165) is 41.4 Å². The molecule has 0 aliphatic carbocycles. The second-order valence-electron chi connectivity index (χ2n) is 11.7. The summed E-state index contributed by atoms with van der Waals surface area (Å²) in [6.07, 6.45) is 10.7. The molecule has 1 aliphatic rings. The minimum absolute atomic E-state index is 0.0590. The van der Waals surface area contributed by atoms with Crippen LogP contribution in [0.3, 0.4) is 0 Å². The fourth-order valence-electron chi connectivity index (χ4n) is 4.42. The van der Waals surface area contributed by atoms with Crippen molar-refractivity contribution in [3.8, 4) is 5.69 Å². The number of aryl methyl sites for hydroxylation is 1. The highest BCUT2D eigenvalue weighted by molar-refractivity contribution is 6.30. The number of hydrogen-bond acceptors (Lipinski definition) is 3. The molecule has 0 spiro atoms. The van der Waals surface area contributed by atoms with Crippen LogP contribution in [-0.2, 0) is 4.74 Å². The van der Waals surface area contributed by atoms with Gasteiger partial charge in [0, 0.05) is 51.7 Å². The van der Waals surface area contributed by atoms with Gasteiger partial charge in [-0.25, -0.2) is 4.79 Å². The van der Waals surface area contributed by atoms with E-state index < -0.39 is 5.60 Å². The van der Waals surface area contributed by atoms with Gasteiger partial charge in [0.25, 0.3) is 0 Å². The highest BCUT2D eigenvalue weighted by atomic mass is 35.5. The van der Waals surface area contributed by atoms with Gasteiger partial charge >= 0.3 is 6.09 Å². The van der Waals surface area contributed by atoms with Crippen LogP contribution in [0.1, 0.15) is 131 Å². The Hall–Kier alpha value is -2.76. The maximum atomic E-state index is 13.2. The van der Waals surface area contributed by atoms with Gasteiger partial charge in [-0.05, 0) is 119 Å². The largest absolute Gasteiger partial charge is 0.444 e. The number of allylic oxidation sites excluding steroid dienone is 6. The van der Waals surface area contributed by atoms with Crippen LogP contribution in [0.2, 0.25) is 5.02 Å². The zero-order chi connectivity index (χ0) is 36.0. The monoisotopic (exact) mass is 676 g/mol. The van der Waals surface area contributed by atoms with Crippen molar-refractivity contribution in [1.29, 1.82) is 0 Å². The van der Waals surface area contributed by atoms with Crippen molar-refractivity contribution in [2.45, 2.75) is 134 Å². The fraction of sp³-hybridized carbons (Fsp3) is 0.538. The van der Waals surface area contributed by atoms with Crippen LogP contribution in [0.4, 0.5) is 4.79 Å². The Bertz CT molecular complexity index is 1240. The SMILES string of the molecule is C/C=C(\C)Cl.C/C=C\C=C(C)C.CC.CC.Cc1cc(C(=O)CC2CCCCN2C(=O)OC(C)(C)C)c(C)n1-c1ccc(Cl)cc1. The molecule has 2 aromatic rings. The number of piperidine rings is 1. The molecule has 260 valence electrons. The average molecular weight is 678 g/mol. The average Bonchev–Trinajstić information content (AvgIpc) is 3.32. The van der Waals surface area contributed by atoms with Gasteiger partial charge < -0.3 is 14.2 Å². The van der Waals surface area contributed by atoms with Crippen LogP contribution in [0, 0.1) is 13.8 Å². The summed E-state index contributed by atoms with van der Waals surface area (Å²) in [5, 5.41) is 1.53. The Morgan fingerprint density at radius 2 is 1.52 bits per heavy atom. The Kier molecular flexibility index (Phi) is 24.1. The molecule has 1 aliphatic heterocycles. The van der Waals surface area contributed by atoms with Gasteiger partial charge in [-0.15, -0.1) is 0 Å². The zero-order valence-corrected chi connectivity index (χ0v) is 32.7. The van der Waals surface area contributed by atoms with Crippen LogP contribution in [0.15, 0.2) is 65.2 Å². The van der Waals surface area contributed by atoms with Crippen molar-refractivity contribution >= 4 is 35.1 Å². The number of carbonyl (C=O) groups is 2. The zero-order valence-electron chi connectivity index (χ0n) is 31.2. The number of benzene rings is 1. The lowest BCUT2D eigenvalue weighted by Crippen LogP contribution is -2.47. The number of amides is 1. The Morgan fingerprint density at radius 1 is 0.978 bits per heavy atom. The maximum absolute atomic E-state index is 13.2. The summed E-state index contributed by atoms with van der Waals surface area (Å²) in [6, 6.07) is 9.40. The van der Waals surface area contributed by atoms with E-state index in [-0.39, 0.29) is 17.9 Å². The van der Waals surface area contributed by atoms with Gasteiger partial charge in [0.15, 0.2) is 5.78 Å². The van der Waals surface area contributed by atoms with Crippen molar-refractivity contribution in [1.82, 2.24) is 9.47 Å². The van der Waals surface area contributed by atoms with Gasteiger partial charge in [-0.1, -0.05) is 80.8 Å². The van der Waals surface area contributed by atoms with Crippen molar-refractivity contribution in [2.24, 2.45) is 0 Å². The lowest BCUT2D eigenvalue weighted by atomic mass is 9.95. The fourth-order valence-corrected chi connectivity index (χ4v) is 4.54. The number of likely N-dealkylation sites (tertiary alicyclic amines) is 1. The summed E-state index contributed by atoms with van der Waals surface area (Å²) in [7, 11) is 0. The van der Waals surface area contributed by atoms with E-state index in [2.05, 4.69) is 24.5 Å². The molecule has 0 N–H and O–H groups in total. The van der Waals surface area contributed by atoms with Crippen molar-refractivity contribution < 1.29 is 14.3 Å². The molecular formula is C39H62Cl2N2O3. The number of ketones is 1. The molecule has 1 unspecified atom stereocenters. The van der Waals surface area contributed by atoms with E-state index in [1.807, 2.05) is 132 Å². The highest BCUT2D eigenvalue weighted by Gasteiger charge is 2.32. The minimum atomic E-state index is -0.549. The molecule has 0 bridgehead atoms. The number of hydrogen-bond donors (Lipinski definition) is 0. The summed E-state index contributed by atoms with van der Waals surface area (Å²) >= 11 is 11.3. The van der Waals surface area contributed by atoms with E-state index in [4.69, 9.17) is 27.9 Å². The van der Waals surface area contributed by atoms with E-state index in [1.54, 1.807) is 4.90 Å². The number of nitrogens with zero attached hydrogens (tertiary/aromatic N) is 2. The van der Waals surface area contributed by atoms with Gasteiger partial charge in [-0.2, -0.15) is 0 Å². The summed E-state index contributed by atoms with van der Waals surface area (Å²) < 4.78 is 7.64. The predicted molar refractivity (Wildman–Crippen MR) is 202 cm³/mol. The van der Waals surface area contributed by atoms with Gasteiger partial charge in [0.1, 0.15) is 5.60 Å². The molecule has 0 saturated carbocycles. The Morgan fingerprint density at radius 3 is 1.96 bits per heavy atom. The first-order valence-electron chi connectivity index (χ1n) is 16.6. The van der Waals surface area contributed by atoms with Crippen molar-refractivity contribution in [2.75, 3.05) is 6.54 Å². The normalized spacial score (nSPS) is 14.2. The highest BCUT2D eigenvalue weighted by Crippen LogP contribution is 2.27. The molecule has 1 aromatic heterocycles. The van der Waals surface area contributed by atoms with Crippen LogP contribution >= 0.6 is 23.2 Å². The second kappa shape index (κ2) is 24.4. The van der Waals surface area contributed by atoms with E-state index in [0.29, 0.717) is 23.6 Å². The first-order valence-corrected chi connectivity index (χ1v) is 17.4. The number of carbonyl (C=O) groups excluding carboxylic acids is 2. The first-order chi connectivity index (χ1) is 21.6. The minimum Gasteiger partial charge on any atom is -0.444 e. The molecule has 7 heteroatoms. The standard InChI is InChI=1S/C24H31ClN2O3.C7H12.C4H7Cl.2C2H6/c1-16-14-21(17(2)27(16)19-11-9-18(25)10-12-19)22(28)15-20-8-6-7-13-26(20)23(29)30-24(3,4)5;1-4-5-6-7(2)3;1-3-4(2)5;2*1-2/h9-12,14,20H,6-8,13,15H2,1-5H3;4-6H,1-3H3;3H,1-2H3;2*1-2H3/b;5-4-;4-3+;;. The van der Waals surface area contributed by atoms with Crippen LogP contribution in [0.5, 0.6) is 0 Å². The molecule has 1 aromatic carbocycles. The molecule has 1 atom stereocenters. The molecule has 1 fully saturated rings. The third-order valence-electron chi connectivity index (χ3n) is 6.51. The molecule has 1 amide bonds. The smallest absolute Gasteiger partial charge is 0.410 e. The number of Topliss-reactive ketones (excluding diaryl/α,β-unsaturated/α-hetero) is 1. The van der Waals surface area contributed by atoms with Gasteiger partial charge in [-0.3, -0.25) is 4.79 Å². The Balaban J connectivity index is 0. The third-order valence-corrected chi connectivity index (χ3v) is 6.98. The quantitative estimate of drug-likeness (QED) is 0.234. The van der Waals surface area contributed by atoms with Crippen molar-refractivity contribution in [3.05, 3.63) is 87.2 Å². The third kappa shape index (κ3) is 17.8.